The molecule has 0 spiro atoms. The Labute approximate surface area is 155 Å². The largest absolute Gasteiger partial charge is 0.478 e. The first-order valence-corrected chi connectivity index (χ1v) is 8.27. The summed E-state index contributed by atoms with van der Waals surface area (Å²) in [4.78, 5) is 19.8. The molecule has 0 saturated heterocycles. The average Bonchev–Trinajstić information content (AvgIpc) is 2.68. The number of aromatic nitrogens is 2. The van der Waals surface area contributed by atoms with Crippen LogP contribution in [0.5, 0.6) is 11.5 Å². The molecule has 0 bridgehead atoms. The number of carbonyl (C=O) groups is 1. The van der Waals surface area contributed by atoms with Crippen molar-refractivity contribution in [2.24, 2.45) is 0 Å². The summed E-state index contributed by atoms with van der Waals surface area (Å²) in [6.07, 6.45) is 3.34. The Morgan fingerprint density at radius 2 is 1.70 bits per heavy atom. The third kappa shape index (κ3) is 3.69. The number of hydrogen-bond acceptors (Lipinski definition) is 5. The lowest BCUT2D eigenvalue weighted by molar-refractivity contribution is 0.0699. The summed E-state index contributed by atoms with van der Waals surface area (Å²) >= 11 is 0. The summed E-state index contributed by atoms with van der Waals surface area (Å²) in [6, 6.07) is 19.6. The number of carboxylic acids is 1. The number of fused-ring (bicyclic) bond motifs is 1. The van der Waals surface area contributed by atoms with Crippen LogP contribution in [-0.2, 0) is 0 Å². The van der Waals surface area contributed by atoms with E-state index in [2.05, 4.69) is 15.3 Å². The van der Waals surface area contributed by atoms with Gasteiger partial charge in [0.05, 0.1) is 5.56 Å². The Morgan fingerprint density at radius 1 is 0.852 bits per heavy atom. The van der Waals surface area contributed by atoms with Crippen molar-refractivity contribution in [2.45, 2.75) is 0 Å². The van der Waals surface area contributed by atoms with Crippen molar-refractivity contribution in [3.05, 3.63) is 84.7 Å². The van der Waals surface area contributed by atoms with Crippen LogP contribution in [0.2, 0.25) is 0 Å². The molecule has 0 saturated carbocycles. The molecule has 0 amide bonds. The van der Waals surface area contributed by atoms with E-state index >= 15 is 0 Å². The molecular formula is C21H15N3O3. The maximum Gasteiger partial charge on any atom is 0.336 e. The van der Waals surface area contributed by atoms with E-state index in [9.17, 15) is 9.90 Å². The van der Waals surface area contributed by atoms with Gasteiger partial charge in [-0.3, -0.25) is 0 Å². The number of aromatic carboxylic acids is 1. The molecule has 2 aromatic heterocycles. The van der Waals surface area contributed by atoms with Gasteiger partial charge in [-0.1, -0.05) is 18.2 Å². The molecule has 0 aliphatic heterocycles. The number of pyridine rings is 2. The van der Waals surface area contributed by atoms with E-state index in [1.165, 1.54) is 0 Å². The number of carboxylic acid groups (broad SMARTS) is 1. The average molecular weight is 357 g/mol. The lowest BCUT2D eigenvalue weighted by Crippen LogP contribution is -1.97. The molecule has 2 heterocycles. The zero-order chi connectivity index (χ0) is 18.6. The summed E-state index contributed by atoms with van der Waals surface area (Å²) in [5.41, 5.74) is 0.268. The number of benzene rings is 2. The molecule has 0 unspecified atom stereocenters. The maximum absolute atomic E-state index is 11.3. The van der Waals surface area contributed by atoms with E-state index in [1.807, 2.05) is 30.3 Å². The third-order valence-electron chi connectivity index (χ3n) is 3.97. The second-order valence-corrected chi connectivity index (χ2v) is 5.81. The summed E-state index contributed by atoms with van der Waals surface area (Å²) in [6.45, 7) is 0. The Morgan fingerprint density at radius 3 is 2.52 bits per heavy atom. The first-order valence-electron chi connectivity index (χ1n) is 8.27. The van der Waals surface area contributed by atoms with Crippen molar-refractivity contribution >= 4 is 28.4 Å². The van der Waals surface area contributed by atoms with Crippen molar-refractivity contribution in [2.75, 3.05) is 5.32 Å². The van der Waals surface area contributed by atoms with Crippen LogP contribution in [0.1, 0.15) is 10.4 Å². The van der Waals surface area contributed by atoms with E-state index in [4.69, 9.17) is 4.74 Å². The Hall–Kier alpha value is -3.93. The SMILES string of the molecule is O=C(O)c1cccc2cc(Oc3ccnc(Nc4ccccn4)c3)ccc12. The van der Waals surface area contributed by atoms with E-state index in [-0.39, 0.29) is 5.56 Å². The minimum absolute atomic E-state index is 0.268. The van der Waals surface area contributed by atoms with Crippen LogP contribution >= 0.6 is 0 Å². The molecule has 6 heteroatoms. The topological polar surface area (TPSA) is 84.3 Å². The van der Waals surface area contributed by atoms with E-state index in [0.717, 1.165) is 5.39 Å². The predicted molar refractivity (Wildman–Crippen MR) is 103 cm³/mol. The summed E-state index contributed by atoms with van der Waals surface area (Å²) in [5.74, 6) is 1.57. The number of nitrogens with one attached hydrogen (secondary N) is 1. The first kappa shape index (κ1) is 16.5. The fourth-order valence-electron chi connectivity index (χ4n) is 2.76. The molecule has 0 aliphatic rings. The first-order chi connectivity index (χ1) is 13.2. The molecule has 4 aromatic rings. The smallest absolute Gasteiger partial charge is 0.336 e. The van der Waals surface area contributed by atoms with Gasteiger partial charge in [-0.05, 0) is 53.2 Å². The number of nitrogens with zero attached hydrogens (tertiary/aromatic N) is 2. The Kier molecular flexibility index (Phi) is 4.37. The lowest BCUT2D eigenvalue weighted by Gasteiger charge is -2.10. The standard InChI is InChI=1S/C21H15N3O3/c25-21(26)18-5-3-4-14-12-15(7-8-17(14)18)27-16-9-11-23-20(13-16)24-19-6-1-2-10-22-19/h1-13H,(H,25,26)(H,22,23,24). The van der Waals surface area contributed by atoms with Crippen molar-refractivity contribution in [3.8, 4) is 11.5 Å². The van der Waals surface area contributed by atoms with Gasteiger partial charge in [0, 0.05) is 18.5 Å². The molecule has 6 nitrogen and oxygen atoms in total. The van der Waals surface area contributed by atoms with Crippen LogP contribution in [0.3, 0.4) is 0 Å². The predicted octanol–water partition coefficient (Wildman–Crippen LogP) is 4.86. The van der Waals surface area contributed by atoms with Crippen LogP contribution in [0.4, 0.5) is 11.6 Å². The molecule has 2 aromatic carbocycles. The Bertz CT molecular complexity index is 1110. The third-order valence-corrected chi connectivity index (χ3v) is 3.97. The van der Waals surface area contributed by atoms with Gasteiger partial charge in [0.2, 0.25) is 0 Å². The highest BCUT2D eigenvalue weighted by atomic mass is 16.5. The van der Waals surface area contributed by atoms with Gasteiger partial charge >= 0.3 is 5.97 Å². The number of anilines is 2. The summed E-state index contributed by atoms with van der Waals surface area (Å²) in [5, 5.41) is 13.9. The fourth-order valence-corrected chi connectivity index (χ4v) is 2.76. The van der Waals surface area contributed by atoms with E-state index in [0.29, 0.717) is 28.5 Å². The zero-order valence-corrected chi connectivity index (χ0v) is 14.2. The number of rotatable bonds is 5. The molecule has 0 radical (unpaired) electrons. The molecule has 132 valence electrons. The molecule has 4 rings (SSSR count). The van der Waals surface area contributed by atoms with Crippen LogP contribution in [-0.4, -0.2) is 21.0 Å². The van der Waals surface area contributed by atoms with Gasteiger partial charge in [0.1, 0.15) is 23.1 Å². The molecule has 2 N–H and O–H groups in total. The molecule has 0 aliphatic carbocycles. The molecule has 27 heavy (non-hydrogen) atoms. The van der Waals surface area contributed by atoms with Gasteiger partial charge in [0.25, 0.3) is 0 Å². The van der Waals surface area contributed by atoms with Crippen LogP contribution < -0.4 is 10.1 Å². The lowest BCUT2D eigenvalue weighted by atomic mass is 10.0. The van der Waals surface area contributed by atoms with Gasteiger partial charge in [0.15, 0.2) is 0 Å². The van der Waals surface area contributed by atoms with Crippen molar-refractivity contribution in [1.82, 2.24) is 9.97 Å². The normalized spacial score (nSPS) is 10.5. The number of hydrogen-bond donors (Lipinski definition) is 2. The highest BCUT2D eigenvalue weighted by Gasteiger charge is 2.09. The zero-order valence-electron chi connectivity index (χ0n) is 14.2. The molecule has 0 fully saturated rings. The van der Waals surface area contributed by atoms with E-state index < -0.39 is 5.97 Å². The second kappa shape index (κ2) is 7.13. The molecular weight excluding hydrogens is 342 g/mol. The highest BCUT2D eigenvalue weighted by Crippen LogP contribution is 2.28. The maximum atomic E-state index is 11.3. The fraction of sp³-hybridized carbons (Fsp3) is 0. The van der Waals surface area contributed by atoms with Crippen molar-refractivity contribution in [3.63, 3.8) is 0 Å². The monoisotopic (exact) mass is 357 g/mol. The van der Waals surface area contributed by atoms with Crippen molar-refractivity contribution < 1.29 is 14.6 Å². The Balaban J connectivity index is 1.59. The van der Waals surface area contributed by atoms with Crippen LogP contribution in [0.15, 0.2) is 79.1 Å². The van der Waals surface area contributed by atoms with Crippen LogP contribution in [0, 0.1) is 0 Å². The van der Waals surface area contributed by atoms with Crippen LogP contribution in [0.25, 0.3) is 10.8 Å². The van der Waals surface area contributed by atoms with Gasteiger partial charge in [-0.25, -0.2) is 14.8 Å². The van der Waals surface area contributed by atoms with E-state index in [1.54, 1.807) is 48.8 Å². The van der Waals surface area contributed by atoms with Gasteiger partial charge in [-0.15, -0.1) is 0 Å². The summed E-state index contributed by atoms with van der Waals surface area (Å²) < 4.78 is 5.92. The summed E-state index contributed by atoms with van der Waals surface area (Å²) in [7, 11) is 0. The quantitative estimate of drug-likeness (QED) is 0.530. The highest BCUT2D eigenvalue weighted by molar-refractivity contribution is 6.03. The van der Waals surface area contributed by atoms with Crippen molar-refractivity contribution in [1.29, 1.82) is 0 Å². The minimum atomic E-state index is -0.950. The van der Waals surface area contributed by atoms with Gasteiger partial charge in [-0.2, -0.15) is 0 Å². The molecule has 0 atom stereocenters. The minimum Gasteiger partial charge on any atom is -0.478 e. The van der Waals surface area contributed by atoms with Gasteiger partial charge < -0.3 is 15.2 Å². The second-order valence-electron chi connectivity index (χ2n) is 5.81. The number of ether oxygens (including phenoxy) is 1.